The highest BCUT2D eigenvalue weighted by atomic mass is 16.5. The Morgan fingerprint density at radius 2 is 1.27 bits per heavy atom. The largest absolute Gasteiger partial charge is 0.457 e. The summed E-state index contributed by atoms with van der Waals surface area (Å²) in [5.74, 6) is 0.535. The molecular formula is C34H27NO5. The Kier molecular flexibility index (Phi) is 6.86. The Balaban J connectivity index is 1.42. The van der Waals surface area contributed by atoms with Crippen LogP contribution in [0.1, 0.15) is 31.8 Å². The van der Waals surface area contributed by atoms with Gasteiger partial charge < -0.3 is 19.8 Å². The molecule has 0 spiro atoms. The molecule has 4 aromatic carbocycles. The van der Waals surface area contributed by atoms with Crippen molar-refractivity contribution in [3.05, 3.63) is 131 Å². The third kappa shape index (κ3) is 4.43. The van der Waals surface area contributed by atoms with E-state index in [0.29, 0.717) is 46.9 Å². The summed E-state index contributed by atoms with van der Waals surface area (Å²) in [6.45, 7) is 0.797. The molecule has 0 unspecified atom stereocenters. The van der Waals surface area contributed by atoms with Crippen LogP contribution in [0.2, 0.25) is 0 Å². The van der Waals surface area contributed by atoms with Gasteiger partial charge in [-0.2, -0.15) is 0 Å². The lowest BCUT2D eigenvalue weighted by atomic mass is 9.93. The lowest BCUT2D eigenvalue weighted by Gasteiger charge is -2.25. The summed E-state index contributed by atoms with van der Waals surface area (Å²) >= 11 is 0. The summed E-state index contributed by atoms with van der Waals surface area (Å²) in [5, 5.41) is 21.1. The maximum atomic E-state index is 13.3. The fraction of sp³-hybridized carbons (Fsp3) is 0.118. The van der Waals surface area contributed by atoms with E-state index in [0.717, 1.165) is 22.0 Å². The number of carbonyl (C=O) groups is 2. The van der Waals surface area contributed by atoms with Gasteiger partial charge in [0.25, 0.3) is 0 Å². The van der Waals surface area contributed by atoms with Gasteiger partial charge in [-0.3, -0.25) is 9.59 Å². The number of para-hydroxylation sites is 1. The number of ether oxygens (including phenoxy) is 1. The average Bonchev–Trinajstić information content (AvgIpc) is 3.24. The molecule has 0 atom stereocenters. The van der Waals surface area contributed by atoms with Gasteiger partial charge in [-0.05, 0) is 35.2 Å². The number of hydrogen-bond donors (Lipinski definition) is 2. The van der Waals surface area contributed by atoms with Gasteiger partial charge in [0, 0.05) is 46.4 Å². The van der Waals surface area contributed by atoms with E-state index >= 15 is 0 Å². The molecule has 40 heavy (non-hydrogen) atoms. The number of carbonyl (C=O) groups excluding carboxylic acids is 2. The number of ketones is 2. The molecule has 0 saturated carbocycles. The predicted octanol–water partition coefficient (Wildman–Crippen LogP) is 5.45. The summed E-state index contributed by atoms with van der Waals surface area (Å²) in [6, 6.07) is 26.3. The normalized spacial score (nSPS) is 14.4. The summed E-state index contributed by atoms with van der Waals surface area (Å²) in [5.41, 5.74) is 4.14. The summed E-state index contributed by atoms with van der Waals surface area (Å²) in [4.78, 5) is 28.6. The van der Waals surface area contributed by atoms with Crippen LogP contribution in [0.25, 0.3) is 22.4 Å². The van der Waals surface area contributed by atoms with E-state index in [1.807, 2.05) is 77.7 Å². The van der Waals surface area contributed by atoms with Crippen molar-refractivity contribution in [2.24, 2.45) is 0 Å². The summed E-state index contributed by atoms with van der Waals surface area (Å²) in [6.07, 6.45) is 5.55. The molecular weight excluding hydrogens is 502 g/mol. The number of rotatable bonds is 7. The van der Waals surface area contributed by atoms with Crippen LogP contribution in [0.3, 0.4) is 0 Å². The van der Waals surface area contributed by atoms with E-state index in [1.165, 1.54) is 0 Å². The van der Waals surface area contributed by atoms with Crippen molar-refractivity contribution in [1.29, 1.82) is 0 Å². The van der Waals surface area contributed by atoms with Crippen molar-refractivity contribution in [3.8, 4) is 5.75 Å². The SMILES string of the molecule is O=C1C(=C2C=C(/C=C/c3ccc(N(CCO)CCO)c4ccccc34)Oc3ccccc32)C(=O)c2ccccc21. The van der Waals surface area contributed by atoms with E-state index < -0.39 is 0 Å². The third-order valence-electron chi connectivity index (χ3n) is 7.27. The minimum atomic E-state index is -0.274. The molecule has 6 rings (SSSR count). The van der Waals surface area contributed by atoms with Crippen LogP contribution in [0.5, 0.6) is 5.75 Å². The molecule has 0 fully saturated rings. The first-order valence-electron chi connectivity index (χ1n) is 13.2. The van der Waals surface area contributed by atoms with Crippen molar-refractivity contribution >= 4 is 39.7 Å². The topological polar surface area (TPSA) is 87.1 Å². The Hall–Kier alpha value is -4.78. The Bertz CT molecular complexity index is 1700. The Morgan fingerprint density at radius 3 is 1.95 bits per heavy atom. The van der Waals surface area contributed by atoms with Gasteiger partial charge in [0.05, 0.1) is 18.8 Å². The molecule has 1 heterocycles. The second kappa shape index (κ2) is 10.8. The van der Waals surface area contributed by atoms with Crippen molar-refractivity contribution in [2.75, 3.05) is 31.2 Å². The zero-order chi connectivity index (χ0) is 27.6. The fourth-order valence-electron chi connectivity index (χ4n) is 5.43. The molecule has 6 nitrogen and oxygen atoms in total. The highest BCUT2D eigenvalue weighted by Gasteiger charge is 2.36. The molecule has 1 aliphatic heterocycles. The number of hydrogen-bond acceptors (Lipinski definition) is 6. The van der Waals surface area contributed by atoms with E-state index in [1.54, 1.807) is 30.3 Å². The van der Waals surface area contributed by atoms with Crippen LogP contribution in [0.4, 0.5) is 5.69 Å². The van der Waals surface area contributed by atoms with Crippen LogP contribution in [-0.2, 0) is 0 Å². The van der Waals surface area contributed by atoms with Crippen LogP contribution in [-0.4, -0.2) is 48.1 Å². The highest BCUT2D eigenvalue weighted by Crippen LogP contribution is 2.40. The molecule has 4 aromatic rings. The molecule has 0 saturated heterocycles. The van der Waals surface area contributed by atoms with Gasteiger partial charge in [0.15, 0.2) is 11.6 Å². The van der Waals surface area contributed by atoms with Crippen LogP contribution >= 0.6 is 0 Å². The summed E-state index contributed by atoms with van der Waals surface area (Å²) in [7, 11) is 0. The molecule has 2 aliphatic rings. The number of allylic oxidation sites excluding steroid dienone is 4. The molecule has 2 N–H and O–H groups in total. The van der Waals surface area contributed by atoms with Crippen LogP contribution < -0.4 is 9.64 Å². The number of fused-ring (bicyclic) bond motifs is 3. The van der Waals surface area contributed by atoms with Gasteiger partial charge in [-0.15, -0.1) is 0 Å². The molecule has 6 heteroatoms. The van der Waals surface area contributed by atoms with Gasteiger partial charge in [0.1, 0.15) is 11.5 Å². The number of benzene rings is 4. The molecule has 0 amide bonds. The minimum Gasteiger partial charge on any atom is -0.457 e. The van der Waals surface area contributed by atoms with Crippen molar-refractivity contribution in [1.82, 2.24) is 0 Å². The van der Waals surface area contributed by atoms with Gasteiger partial charge in [0.2, 0.25) is 0 Å². The zero-order valence-corrected chi connectivity index (χ0v) is 21.7. The number of Topliss-reactive ketones (excluding diaryl/α,β-unsaturated/α-hetero) is 2. The van der Waals surface area contributed by atoms with Crippen LogP contribution in [0, 0.1) is 0 Å². The lowest BCUT2D eigenvalue weighted by Crippen LogP contribution is -2.29. The molecule has 0 bridgehead atoms. The van der Waals surface area contributed by atoms with Gasteiger partial charge >= 0.3 is 0 Å². The fourth-order valence-corrected chi connectivity index (χ4v) is 5.43. The first kappa shape index (κ1) is 25.5. The van der Waals surface area contributed by atoms with Gasteiger partial charge in [-0.25, -0.2) is 0 Å². The van der Waals surface area contributed by atoms with Crippen molar-refractivity contribution < 1.29 is 24.5 Å². The standard InChI is InChI=1S/C34H27NO5/c36-19-17-35(18-20-37)30-16-14-22(24-7-1-2-8-25(24)30)13-15-23-21-29(26-9-5-6-12-31(26)40-23)32-33(38)27-10-3-4-11-28(27)34(32)39/h1-16,21,36-37H,17-20H2/b15-13+. The van der Waals surface area contributed by atoms with Crippen LogP contribution in [0.15, 0.2) is 108 Å². The van der Waals surface area contributed by atoms with E-state index in [9.17, 15) is 19.8 Å². The first-order chi connectivity index (χ1) is 19.6. The van der Waals surface area contributed by atoms with E-state index in [-0.39, 0.29) is 30.4 Å². The number of aliphatic hydroxyl groups is 2. The average molecular weight is 530 g/mol. The number of aliphatic hydroxyl groups excluding tert-OH is 2. The zero-order valence-electron chi connectivity index (χ0n) is 21.7. The van der Waals surface area contributed by atoms with E-state index in [4.69, 9.17) is 4.74 Å². The molecule has 0 radical (unpaired) electrons. The summed E-state index contributed by atoms with van der Waals surface area (Å²) < 4.78 is 6.18. The number of nitrogens with zero attached hydrogens (tertiary/aromatic N) is 1. The molecule has 198 valence electrons. The maximum Gasteiger partial charge on any atom is 0.198 e. The minimum absolute atomic E-state index is 0.0170. The van der Waals surface area contributed by atoms with E-state index in [2.05, 4.69) is 0 Å². The van der Waals surface area contributed by atoms with Crippen molar-refractivity contribution in [3.63, 3.8) is 0 Å². The quantitative estimate of drug-likeness (QED) is 0.245. The van der Waals surface area contributed by atoms with Gasteiger partial charge in [-0.1, -0.05) is 78.9 Å². The van der Waals surface area contributed by atoms with Crippen molar-refractivity contribution in [2.45, 2.75) is 0 Å². The third-order valence-corrected chi connectivity index (χ3v) is 7.27. The monoisotopic (exact) mass is 529 g/mol. The first-order valence-corrected chi connectivity index (χ1v) is 13.2. The maximum absolute atomic E-state index is 13.3. The second-order valence-electron chi connectivity index (χ2n) is 9.62. The highest BCUT2D eigenvalue weighted by molar-refractivity contribution is 6.43. The molecule has 0 aromatic heterocycles. The Morgan fingerprint density at radius 1 is 0.675 bits per heavy atom. The second-order valence-corrected chi connectivity index (χ2v) is 9.62. The number of anilines is 1. The molecule has 1 aliphatic carbocycles. The smallest absolute Gasteiger partial charge is 0.198 e. The lowest BCUT2D eigenvalue weighted by molar-refractivity contribution is 0.0990. The predicted molar refractivity (Wildman–Crippen MR) is 157 cm³/mol. The Labute approximate surface area is 231 Å².